The number of hydrogen-bond donors (Lipinski definition) is 4. The monoisotopic (exact) mass is 356 g/mol. The highest BCUT2D eigenvalue weighted by Gasteiger charge is 2.46. The van der Waals surface area contributed by atoms with Crippen molar-refractivity contribution in [3.8, 4) is 5.75 Å². The first-order valence-electron chi connectivity index (χ1n) is 7.70. The maximum Gasteiger partial charge on any atom is 0.269 e. The zero-order chi connectivity index (χ0) is 18.6. The Morgan fingerprint density at radius 3 is 2.48 bits per heavy atom. The molecule has 1 heterocycles. The van der Waals surface area contributed by atoms with Crippen molar-refractivity contribution in [2.75, 3.05) is 6.61 Å². The number of nitro benzene ring substituents is 1. The number of non-ortho nitro benzene ring substituents is 1. The van der Waals surface area contributed by atoms with Gasteiger partial charge in [0.1, 0.15) is 30.1 Å². The number of nitrogens with zero attached hydrogens (tertiary/aromatic N) is 1. The highest BCUT2D eigenvalue weighted by molar-refractivity contribution is 5.76. The predicted octanol–water partition coefficient (Wildman–Crippen LogP) is -0.693. The van der Waals surface area contributed by atoms with E-state index in [2.05, 4.69) is 5.32 Å². The van der Waals surface area contributed by atoms with E-state index >= 15 is 0 Å². The quantitative estimate of drug-likeness (QED) is 0.386. The first-order valence-corrected chi connectivity index (χ1v) is 7.70. The number of aliphatic hydroxyl groups excluding tert-OH is 3. The number of hydrogen-bond acceptors (Lipinski definition) is 8. The third-order valence-corrected chi connectivity index (χ3v) is 3.83. The smallest absolute Gasteiger partial charge is 0.269 e. The van der Waals surface area contributed by atoms with Gasteiger partial charge in [-0.1, -0.05) is 6.92 Å². The van der Waals surface area contributed by atoms with E-state index in [1.807, 2.05) is 0 Å². The summed E-state index contributed by atoms with van der Waals surface area (Å²) < 4.78 is 11.0. The number of benzene rings is 1. The highest BCUT2D eigenvalue weighted by Crippen LogP contribution is 2.25. The molecule has 138 valence electrons. The molecule has 4 N–H and O–H groups in total. The SMILES string of the molecule is CCC(=O)N[C@@H]1[C@@H](Oc2ccc([N+](=O)[O-])cc2)O[C@@H](CO)[C@@H](O)[C@@H]1O. The molecule has 1 saturated heterocycles. The Labute approximate surface area is 143 Å². The number of nitrogens with one attached hydrogen (secondary N) is 1. The summed E-state index contributed by atoms with van der Waals surface area (Å²) in [6.07, 6.45) is -5.00. The maximum atomic E-state index is 11.7. The zero-order valence-electron chi connectivity index (χ0n) is 13.4. The molecule has 0 bridgehead atoms. The predicted molar refractivity (Wildman–Crippen MR) is 83.7 cm³/mol. The van der Waals surface area contributed by atoms with Crippen molar-refractivity contribution in [2.24, 2.45) is 0 Å². The van der Waals surface area contributed by atoms with Crippen LogP contribution in [-0.2, 0) is 9.53 Å². The standard InChI is InChI=1S/C15H20N2O8/c1-2-11(19)16-12-14(21)13(20)10(7-18)25-15(12)24-9-5-3-8(4-6-9)17(22)23/h3-6,10,12-15,18,20-21H,2,7H2,1H3,(H,16,19)/t10-,12-,13+,14+,15-/m0/s1. The minimum Gasteiger partial charge on any atom is -0.463 e. The van der Waals surface area contributed by atoms with Gasteiger partial charge in [0, 0.05) is 18.6 Å². The molecule has 2 rings (SSSR count). The lowest BCUT2D eigenvalue weighted by molar-refractivity contribution is -0.384. The van der Waals surface area contributed by atoms with E-state index < -0.39 is 42.2 Å². The van der Waals surface area contributed by atoms with E-state index in [4.69, 9.17) is 9.47 Å². The summed E-state index contributed by atoms with van der Waals surface area (Å²) in [6, 6.07) is 4.05. The Hall–Kier alpha value is -2.27. The molecule has 0 aliphatic carbocycles. The lowest BCUT2D eigenvalue weighted by Crippen LogP contribution is -2.65. The van der Waals surface area contributed by atoms with Crippen LogP contribution in [0.2, 0.25) is 0 Å². The van der Waals surface area contributed by atoms with Gasteiger partial charge in [-0.05, 0) is 12.1 Å². The molecule has 0 radical (unpaired) electrons. The Balaban J connectivity index is 2.19. The minimum absolute atomic E-state index is 0.128. The summed E-state index contributed by atoms with van der Waals surface area (Å²) in [7, 11) is 0. The number of aliphatic hydroxyl groups is 3. The molecule has 1 aromatic rings. The third kappa shape index (κ3) is 4.42. The summed E-state index contributed by atoms with van der Waals surface area (Å²) in [6.45, 7) is 1.05. The van der Waals surface area contributed by atoms with Crippen molar-refractivity contribution in [1.82, 2.24) is 5.32 Å². The summed E-state index contributed by atoms with van der Waals surface area (Å²) in [5, 5.41) is 42.6. The average molecular weight is 356 g/mol. The molecule has 0 unspecified atom stereocenters. The van der Waals surface area contributed by atoms with Crippen molar-refractivity contribution < 1.29 is 34.5 Å². The van der Waals surface area contributed by atoms with Gasteiger partial charge in [0.2, 0.25) is 12.2 Å². The van der Waals surface area contributed by atoms with Crippen molar-refractivity contribution in [1.29, 1.82) is 0 Å². The number of carbonyl (C=O) groups excluding carboxylic acids is 1. The van der Waals surface area contributed by atoms with Gasteiger partial charge < -0.3 is 30.1 Å². The zero-order valence-corrected chi connectivity index (χ0v) is 13.4. The molecule has 25 heavy (non-hydrogen) atoms. The molecule has 10 heteroatoms. The Bertz CT molecular complexity index is 608. The van der Waals surface area contributed by atoms with Crippen LogP contribution in [0.1, 0.15) is 13.3 Å². The van der Waals surface area contributed by atoms with Crippen molar-refractivity contribution in [2.45, 2.75) is 44.0 Å². The lowest BCUT2D eigenvalue weighted by Gasteiger charge is -2.42. The first kappa shape index (κ1) is 19.1. The number of nitro groups is 1. The van der Waals surface area contributed by atoms with E-state index in [0.29, 0.717) is 0 Å². The van der Waals surface area contributed by atoms with Crippen LogP contribution in [0.15, 0.2) is 24.3 Å². The Kier molecular flexibility index (Phi) is 6.26. The molecule has 1 aliphatic rings. The second-order valence-electron chi connectivity index (χ2n) is 5.52. The highest BCUT2D eigenvalue weighted by atomic mass is 16.7. The molecule has 1 fully saturated rings. The van der Waals surface area contributed by atoms with Gasteiger partial charge >= 0.3 is 0 Å². The third-order valence-electron chi connectivity index (χ3n) is 3.83. The molecule has 1 amide bonds. The van der Waals surface area contributed by atoms with Gasteiger partial charge in [0.15, 0.2) is 0 Å². The Morgan fingerprint density at radius 1 is 1.32 bits per heavy atom. The number of rotatable bonds is 6. The van der Waals surface area contributed by atoms with Crippen LogP contribution in [0.4, 0.5) is 5.69 Å². The first-order chi connectivity index (χ1) is 11.9. The van der Waals surface area contributed by atoms with Crippen molar-refractivity contribution in [3.05, 3.63) is 34.4 Å². The van der Waals surface area contributed by atoms with Crippen molar-refractivity contribution in [3.63, 3.8) is 0 Å². The van der Waals surface area contributed by atoms with Crippen LogP contribution in [0.25, 0.3) is 0 Å². The summed E-state index contributed by atoms with van der Waals surface area (Å²) in [5.74, 6) is -0.189. The summed E-state index contributed by atoms with van der Waals surface area (Å²) in [4.78, 5) is 21.8. The van der Waals surface area contributed by atoms with Gasteiger partial charge in [-0.2, -0.15) is 0 Å². The number of amides is 1. The number of carbonyl (C=O) groups is 1. The molecular weight excluding hydrogens is 336 g/mol. The molecule has 0 aromatic heterocycles. The topological polar surface area (TPSA) is 151 Å². The number of ether oxygens (including phenoxy) is 2. The van der Waals surface area contributed by atoms with Crippen molar-refractivity contribution >= 4 is 11.6 Å². The fourth-order valence-corrected chi connectivity index (χ4v) is 2.40. The van der Waals surface area contributed by atoms with Crippen LogP contribution in [-0.4, -0.2) is 63.4 Å². The van der Waals surface area contributed by atoms with E-state index in [1.165, 1.54) is 24.3 Å². The van der Waals surface area contributed by atoms with Gasteiger partial charge in [-0.15, -0.1) is 0 Å². The van der Waals surface area contributed by atoms with Gasteiger partial charge in [0.05, 0.1) is 11.5 Å². The molecular formula is C15H20N2O8. The molecule has 0 saturated carbocycles. The Morgan fingerprint density at radius 2 is 1.96 bits per heavy atom. The summed E-state index contributed by atoms with van der Waals surface area (Å²) >= 11 is 0. The van der Waals surface area contributed by atoms with Crippen LogP contribution >= 0.6 is 0 Å². The fourth-order valence-electron chi connectivity index (χ4n) is 2.40. The maximum absolute atomic E-state index is 11.7. The van der Waals surface area contributed by atoms with Crippen LogP contribution in [0.3, 0.4) is 0 Å². The average Bonchev–Trinajstić information content (AvgIpc) is 2.61. The van der Waals surface area contributed by atoms with E-state index in [9.17, 15) is 30.2 Å². The molecule has 10 nitrogen and oxygen atoms in total. The fraction of sp³-hybridized carbons (Fsp3) is 0.533. The largest absolute Gasteiger partial charge is 0.463 e. The molecule has 5 atom stereocenters. The summed E-state index contributed by atoms with van der Waals surface area (Å²) in [5.41, 5.74) is -0.128. The van der Waals surface area contributed by atoms with Crippen LogP contribution in [0.5, 0.6) is 5.75 Å². The minimum atomic E-state index is -1.43. The van der Waals surface area contributed by atoms with Crippen LogP contribution in [0, 0.1) is 10.1 Å². The van der Waals surface area contributed by atoms with Gasteiger partial charge in [-0.3, -0.25) is 14.9 Å². The normalized spacial score (nSPS) is 29.0. The van der Waals surface area contributed by atoms with Gasteiger partial charge in [-0.25, -0.2) is 0 Å². The van der Waals surface area contributed by atoms with E-state index in [-0.39, 0.29) is 23.8 Å². The van der Waals surface area contributed by atoms with Crippen LogP contribution < -0.4 is 10.1 Å². The second-order valence-corrected chi connectivity index (χ2v) is 5.52. The second kappa shape index (κ2) is 8.21. The van der Waals surface area contributed by atoms with E-state index in [1.54, 1.807) is 6.92 Å². The lowest BCUT2D eigenvalue weighted by atomic mass is 9.97. The molecule has 0 spiro atoms. The van der Waals surface area contributed by atoms with Gasteiger partial charge in [0.25, 0.3) is 5.69 Å². The van der Waals surface area contributed by atoms with E-state index in [0.717, 1.165) is 0 Å². The molecule has 1 aromatic carbocycles. The molecule has 1 aliphatic heterocycles.